The number of nitrogens with one attached hydrogen (secondary N) is 2. The lowest BCUT2D eigenvalue weighted by atomic mass is 10.1. The Labute approximate surface area is 200 Å². The molecule has 3 rings (SSSR count). The molecule has 0 amide bonds. The van der Waals surface area contributed by atoms with Crippen LogP contribution in [0.25, 0.3) is 0 Å². The van der Waals surface area contributed by atoms with Crippen LogP contribution in [0.1, 0.15) is 30.1 Å². The highest BCUT2D eigenvalue weighted by molar-refractivity contribution is 14.0. The summed E-state index contributed by atoms with van der Waals surface area (Å²) in [7, 11) is 7.52. The molecule has 166 valence electrons. The molecule has 1 aromatic carbocycles. The van der Waals surface area contributed by atoms with Crippen LogP contribution in [0.15, 0.2) is 34.6 Å². The molecule has 1 atom stereocenters. The minimum absolute atomic E-state index is 0. The standard InChI is InChI=1S/C21H32N6OS.HI/c1-22-20(23-13-17-15-29-21(25-17)26(2)3)24-14-19(27-11-5-6-12-27)16-7-9-18(28-4)10-8-16;/h7-10,15,19H,5-6,11-14H2,1-4H3,(H2,22,23,24);1H. The number of aromatic nitrogens is 1. The van der Waals surface area contributed by atoms with Gasteiger partial charge in [0, 0.05) is 33.1 Å². The zero-order chi connectivity index (χ0) is 20.6. The highest BCUT2D eigenvalue weighted by atomic mass is 127. The van der Waals surface area contributed by atoms with Gasteiger partial charge in [0.05, 0.1) is 25.4 Å². The maximum absolute atomic E-state index is 5.31. The molecule has 0 spiro atoms. The monoisotopic (exact) mass is 544 g/mol. The van der Waals surface area contributed by atoms with E-state index in [1.807, 2.05) is 31.1 Å². The van der Waals surface area contributed by atoms with Crippen molar-refractivity contribution in [2.75, 3.05) is 52.8 Å². The van der Waals surface area contributed by atoms with Gasteiger partial charge < -0.3 is 20.3 Å². The van der Waals surface area contributed by atoms with Crippen molar-refractivity contribution in [1.82, 2.24) is 20.5 Å². The Morgan fingerprint density at radius 2 is 1.93 bits per heavy atom. The second-order valence-electron chi connectivity index (χ2n) is 7.35. The second kappa shape index (κ2) is 12.3. The number of thiazole rings is 1. The molecule has 2 N–H and O–H groups in total. The van der Waals surface area contributed by atoms with E-state index in [0.29, 0.717) is 12.6 Å². The first kappa shape index (κ1) is 24.7. The number of hydrogen-bond donors (Lipinski definition) is 2. The Balaban J connectivity index is 0.00000320. The number of rotatable bonds is 8. The largest absolute Gasteiger partial charge is 0.497 e. The van der Waals surface area contributed by atoms with Gasteiger partial charge in [-0.25, -0.2) is 4.98 Å². The molecular weight excluding hydrogens is 511 g/mol. The van der Waals surface area contributed by atoms with Gasteiger partial charge in [-0.05, 0) is 43.6 Å². The molecule has 1 saturated heterocycles. The summed E-state index contributed by atoms with van der Waals surface area (Å²) in [6, 6.07) is 8.71. The van der Waals surface area contributed by atoms with E-state index in [-0.39, 0.29) is 24.0 Å². The normalized spacial score (nSPS) is 15.4. The lowest BCUT2D eigenvalue weighted by molar-refractivity contribution is 0.245. The van der Waals surface area contributed by atoms with Gasteiger partial charge in [-0.3, -0.25) is 9.89 Å². The van der Waals surface area contributed by atoms with Crippen molar-refractivity contribution in [3.8, 4) is 5.75 Å². The van der Waals surface area contributed by atoms with E-state index in [1.54, 1.807) is 25.5 Å². The molecule has 1 unspecified atom stereocenters. The van der Waals surface area contributed by atoms with Gasteiger partial charge in [0.15, 0.2) is 11.1 Å². The Bertz CT molecular complexity index is 789. The number of anilines is 1. The molecule has 0 aliphatic carbocycles. The summed E-state index contributed by atoms with van der Waals surface area (Å²) in [5.74, 6) is 1.68. The maximum atomic E-state index is 5.31. The molecule has 1 fully saturated rings. The number of benzene rings is 1. The van der Waals surface area contributed by atoms with Crippen molar-refractivity contribution in [3.05, 3.63) is 40.9 Å². The van der Waals surface area contributed by atoms with Crippen LogP contribution in [-0.2, 0) is 6.54 Å². The summed E-state index contributed by atoms with van der Waals surface area (Å²) in [6.45, 7) is 3.72. The third kappa shape index (κ3) is 6.71. The number of aliphatic imine (C=N–C) groups is 1. The molecule has 1 aliphatic heterocycles. The van der Waals surface area contributed by atoms with Crippen molar-refractivity contribution in [2.24, 2.45) is 4.99 Å². The smallest absolute Gasteiger partial charge is 0.191 e. The van der Waals surface area contributed by atoms with Gasteiger partial charge in [-0.15, -0.1) is 35.3 Å². The molecule has 0 saturated carbocycles. The fraction of sp³-hybridized carbons (Fsp3) is 0.524. The predicted octanol–water partition coefficient (Wildman–Crippen LogP) is 3.34. The molecule has 2 heterocycles. The number of methoxy groups -OCH3 is 1. The van der Waals surface area contributed by atoms with E-state index >= 15 is 0 Å². The van der Waals surface area contributed by atoms with Crippen molar-refractivity contribution in [3.63, 3.8) is 0 Å². The van der Waals surface area contributed by atoms with E-state index in [9.17, 15) is 0 Å². The van der Waals surface area contributed by atoms with Crippen LogP contribution in [0, 0.1) is 0 Å². The van der Waals surface area contributed by atoms with Gasteiger partial charge in [0.2, 0.25) is 0 Å². The van der Waals surface area contributed by atoms with Crippen molar-refractivity contribution in [1.29, 1.82) is 0 Å². The molecule has 2 aromatic rings. The number of hydrogen-bond acceptors (Lipinski definition) is 6. The van der Waals surface area contributed by atoms with Crippen molar-refractivity contribution < 1.29 is 4.74 Å². The first-order valence-corrected chi connectivity index (χ1v) is 10.9. The number of guanidine groups is 1. The summed E-state index contributed by atoms with van der Waals surface area (Å²) in [6.07, 6.45) is 2.52. The van der Waals surface area contributed by atoms with Crippen LogP contribution in [-0.4, -0.2) is 63.7 Å². The average molecular weight is 545 g/mol. The molecule has 0 radical (unpaired) electrons. The molecule has 9 heteroatoms. The van der Waals surface area contributed by atoms with E-state index < -0.39 is 0 Å². The number of ether oxygens (including phenoxy) is 1. The van der Waals surface area contributed by atoms with Crippen molar-refractivity contribution >= 4 is 46.4 Å². The van der Waals surface area contributed by atoms with Crippen LogP contribution in [0.2, 0.25) is 0 Å². The lowest BCUT2D eigenvalue weighted by Crippen LogP contribution is -2.42. The van der Waals surface area contributed by atoms with Gasteiger partial charge in [0.1, 0.15) is 5.75 Å². The number of nitrogens with zero attached hydrogens (tertiary/aromatic N) is 4. The molecule has 0 bridgehead atoms. The van der Waals surface area contributed by atoms with Crippen LogP contribution in [0.3, 0.4) is 0 Å². The van der Waals surface area contributed by atoms with Crippen LogP contribution >= 0.6 is 35.3 Å². The summed E-state index contributed by atoms with van der Waals surface area (Å²) < 4.78 is 5.31. The number of halogens is 1. The van der Waals surface area contributed by atoms with Gasteiger partial charge >= 0.3 is 0 Å². The Kier molecular flexibility index (Phi) is 10.1. The van der Waals surface area contributed by atoms with E-state index in [1.165, 1.54) is 18.4 Å². The molecule has 30 heavy (non-hydrogen) atoms. The highest BCUT2D eigenvalue weighted by Crippen LogP contribution is 2.26. The lowest BCUT2D eigenvalue weighted by Gasteiger charge is -2.29. The minimum atomic E-state index is 0. The zero-order valence-corrected chi connectivity index (χ0v) is 21.4. The zero-order valence-electron chi connectivity index (χ0n) is 18.2. The average Bonchev–Trinajstić information content (AvgIpc) is 3.43. The van der Waals surface area contributed by atoms with Crippen LogP contribution in [0.4, 0.5) is 5.13 Å². The summed E-state index contributed by atoms with van der Waals surface area (Å²) in [5, 5.41) is 9.98. The van der Waals surface area contributed by atoms with E-state index in [0.717, 1.165) is 42.2 Å². The van der Waals surface area contributed by atoms with Gasteiger partial charge in [-0.1, -0.05) is 12.1 Å². The van der Waals surface area contributed by atoms with Gasteiger partial charge in [-0.2, -0.15) is 0 Å². The third-order valence-corrected chi connectivity index (χ3v) is 6.18. The highest BCUT2D eigenvalue weighted by Gasteiger charge is 2.23. The first-order valence-electron chi connectivity index (χ1n) is 10.0. The van der Waals surface area contributed by atoms with Crippen LogP contribution in [0.5, 0.6) is 5.75 Å². The van der Waals surface area contributed by atoms with Crippen LogP contribution < -0.4 is 20.3 Å². The summed E-state index contributed by atoms with van der Waals surface area (Å²) >= 11 is 1.65. The third-order valence-electron chi connectivity index (χ3n) is 5.13. The SMILES string of the molecule is CN=C(NCc1csc(N(C)C)n1)NCC(c1ccc(OC)cc1)N1CCCC1.I. The molecule has 1 aliphatic rings. The Morgan fingerprint density at radius 1 is 1.23 bits per heavy atom. The summed E-state index contributed by atoms with van der Waals surface area (Å²) in [5.41, 5.74) is 2.32. The van der Waals surface area contributed by atoms with Crippen molar-refractivity contribution in [2.45, 2.75) is 25.4 Å². The quantitative estimate of drug-likeness (QED) is 0.302. The topological polar surface area (TPSA) is 65.0 Å². The molecular formula is C21H33IN6OS. The van der Waals surface area contributed by atoms with Gasteiger partial charge in [0.25, 0.3) is 0 Å². The predicted molar refractivity (Wildman–Crippen MR) is 137 cm³/mol. The van der Waals surface area contributed by atoms with E-state index in [2.05, 4.69) is 43.0 Å². The molecule has 7 nitrogen and oxygen atoms in total. The molecule has 1 aromatic heterocycles. The fourth-order valence-corrected chi connectivity index (χ4v) is 4.27. The Morgan fingerprint density at radius 3 is 2.50 bits per heavy atom. The maximum Gasteiger partial charge on any atom is 0.191 e. The van der Waals surface area contributed by atoms with E-state index in [4.69, 9.17) is 4.74 Å². The fourth-order valence-electron chi connectivity index (χ4n) is 3.51. The first-order chi connectivity index (χ1) is 14.1. The second-order valence-corrected chi connectivity index (χ2v) is 8.19. The summed E-state index contributed by atoms with van der Waals surface area (Å²) in [4.78, 5) is 13.6. The minimum Gasteiger partial charge on any atom is -0.497 e. The Hall–Kier alpha value is -1.59. The number of likely N-dealkylation sites (tertiary alicyclic amines) is 1.